The number of hydrogen-bond acceptors (Lipinski definition) is 3. The van der Waals surface area contributed by atoms with E-state index >= 15 is 0 Å². The SMILES string of the molecule is CCCCCCCCc1ccc(-c2ccc(-c3cn4nc(-c5ccc(-c6ccc(CCCCCCCC)cc6)cc5)sc4n3)cc2)cc1. The van der Waals surface area contributed by atoms with Gasteiger partial charge in [-0.1, -0.05) is 186 Å². The molecule has 4 aromatic carbocycles. The Morgan fingerprint density at radius 3 is 1.31 bits per heavy atom. The monoisotopic (exact) mass is 653 g/mol. The predicted molar refractivity (Wildman–Crippen MR) is 207 cm³/mol. The van der Waals surface area contributed by atoms with Gasteiger partial charge in [0.2, 0.25) is 4.96 Å². The van der Waals surface area contributed by atoms with Crippen LogP contribution in [-0.2, 0) is 12.8 Å². The second kappa shape index (κ2) is 17.4. The number of hydrogen-bond donors (Lipinski definition) is 0. The third-order valence-electron chi connectivity index (χ3n) is 9.57. The molecule has 248 valence electrons. The van der Waals surface area contributed by atoms with Gasteiger partial charge in [0.25, 0.3) is 0 Å². The maximum absolute atomic E-state index is 4.93. The summed E-state index contributed by atoms with van der Waals surface area (Å²) in [5.41, 5.74) is 11.1. The molecular formula is C44H51N3S. The van der Waals surface area contributed by atoms with Crippen LogP contribution in [0, 0.1) is 0 Å². The molecule has 4 heteroatoms. The first-order chi connectivity index (χ1) is 23.7. The second-order valence-electron chi connectivity index (χ2n) is 13.3. The van der Waals surface area contributed by atoms with Gasteiger partial charge < -0.3 is 0 Å². The van der Waals surface area contributed by atoms with Crippen LogP contribution in [-0.4, -0.2) is 14.6 Å². The van der Waals surface area contributed by atoms with Crippen molar-refractivity contribution in [1.82, 2.24) is 14.6 Å². The third-order valence-corrected chi connectivity index (χ3v) is 10.5. The van der Waals surface area contributed by atoms with Crippen LogP contribution < -0.4 is 0 Å². The lowest BCUT2D eigenvalue weighted by Crippen LogP contribution is -1.87. The van der Waals surface area contributed by atoms with E-state index in [1.54, 1.807) is 11.3 Å². The van der Waals surface area contributed by atoms with E-state index in [9.17, 15) is 0 Å². The van der Waals surface area contributed by atoms with Gasteiger partial charge in [0.05, 0.1) is 11.9 Å². The normalized spacial score (nSPS) is 11.5. The van der Waals surface area contributed by atoms with E-state index in [0.29, 0.717) is 0 Å². The number of rotatable bonds is 18. The van der Waals surface area contributed by atoms with Crippen molar-refractivity contribution < 1.29 is 0 Å². The Bertz CT molecular complexity index is 1650. The van der Waals surface area contributed by atoms with Crippen LogP contribution in [0.5, 0.6) is 0 Å². The Morgan fingerprint density at radius 1 is 0.458 bits per heavy atom. The van der Waals surface area contributed by atoms with Crippen molar-refractivity contribution in [1.29, 1.82) is 0 Å². The molecule has 0 aliphatic heterocycles. The summed E-state index contributed by atoms with van der Waals surface area (Å²) >= 11 is 1.64. The molecule has 2 aromatic heterocycles. The van der Waals surface area contributed by atoms with E-state index in [-0.39, 0.29) is 0 Å². The summed E-state index contributed by atoms with van der Waals surface area (Å²) in [6, 6.07) is 35.8. The van der Waals surface area contributed by atoms with Crippen molar-refractivity contribution in [3.63, 3.8) is 0 Å². The molecule has 3 nitrogen and oxygen atoms in total. The van der Waals surface area contributed by atoms with Gasteiger partial charge in [-0.2, -0.15) is 5.10 Å². The first-order valence-electron chi connectivity index (χ1n) is 18.5. The summed E-state index contributed by atoms with van der Waals surface area (Å²) in [5, 5.41) is 5.87. The largest absolute Gasteiger partial charge is 0.217 e. The molecular weight excluding hydrogens is 603 g/mol. The minimum Gasteiger partial charge on any atom is -0.217 e. The average Bonchev–Trinajstić information content (AvgIpc) is 3.72. The lowest BCUT2D eigenvalue weighted by atomic mass is 9.99. The zero-order valence-corrected chi connectivity index (χ0v) is 29.8. The van der Waals surface area contributed by atoms with Crippen molar-refractivity contribution >= 4 is 16.3 Å². The minimum atomic E-state index is 0.912. The smallest absolute Gasteiger partial charge is 0.213 e. The number of aryl methyl sites for hydroxylation is 2. The number of imidazole rings is 1. The Morgan fingerprint density at radius 2 is 0.854 bits per heavy atom. The fourth-order valence-corrected chi connectivity index (χ4v) is 7.43. The van der Waals surface area contributed by atoms with Gasteiger partial charge in [0, 0.05) is 11.1 Å². The molecule has 0 saturated heterocycles. The summed E-state index contributed by atoms with van der Waals surface area (Å²) < 4.78 is 1.92. The number of unbranched alkanes of at least 4 members (excludes halogenated alkanes) is 10. The van der Waals surface area contributed by atoms with Gasteiger partial charge in [-0.3, -0.25) is 0 Å². The van der Waals surface area contributed by atoms with E-state index in [1.807, 2.05) is 10.7 Å². The molecule has 6 rings (SSSR count). The van der Waals surface area contributed by atoms with Crippen LogP contribution in [0.15, 0.2) is 103 Å². The Kier molecular flexibility index (Phi) is 12.3. The minimum absolute atomic E-state index is 0.912. The summed E-state index contributed by atoms with van der Waals surface area (Å²) in [4.78, 5) is 5.84. The Labute approximate surface area is 292 Å². The molecule has 0 N–H and O–H groups in total. The van der Waals surface area contributed by atoms with Crippen LogP contribution in [0.25, 0.3) is 49.0 Å². The molecule has 0 aliphatic rings. The summed E-state index contributed by atoms with van der Waals surface area (Å²) in [6.45, 7) is 4.55. The molecule has 2 heterocycles. The first kappa shape index (κ1) is 33.9. The van der Waals surface area contributed by atoms with Gasteiger partial charge in [0.15, 0.2) is 0 Å². The topological polar surface area (TPSA) is 30.2 Å². The van der Waals surface area contributed by atoms with Gasteiger partial charge in [0.1, 0.15) is 5.01 Å². The van der Waals surface area contributed by atoms with E-state index in [1.165, 1.54) is 123 Å². The lowest BCUT2D eigenvalue weighted by molar-refractivity contribution is 0.607. The molecule has 0 saturated carbocycles. The summed E-state index contributed by atoms with van der Waals surface area (Å²) in [6.07, 6.45) is 20.5. The number of fused-ring (bicyclic) bond motifs is 1. The molecule has 48 heavy (non-hydrogen) atoms. The predicted octanol–water partition coefficient (Wildman–Crippen LogP) is 13.3. The molecule has 0 amide bonds. The zero-order valence-electron chi connectivity index (χ0n) is 29.0. The highest BCUT2D eigenvalue weighted by Gasteiger charge is 2.12. The molecule has 0 unspecified atom stereocenters. The fourth-order valence-electron chi connectivity index (χ4n) is 6.54. The standard InChI is InChI=1S/C44H51N3S/c1-3-5-7-9-11-13-15-34-17-21-36(22-18-34)38-25-29-40(30-26-38)42-33-47-44(45-42)48-43(46-47)41-31-27-39(28-32-41)37-23-19-35(20-24-37)16-14-12-10-8-6-4-2/h17-33H,3-16H2,1-2H3. The molecule has 0 aliphatic carbocycles. The van der Waals surface area contributed by atoms with Crippen LogP contribution in [0.3, 0.4) is 0 Å². The van der Waals surface area contributed by atoms with Crippen LogP contribution in [0.4, 0.5) is 0 Å². The number of benzene rings is 4. The van der Waals surface area contributed by atoms with Gasteiger partial charge in [-0.05, 0) is 59.1 Å². The van der Waals surface area contributed by atoms with Crippen LogP contribution in [0.2, 0.25) is 0 Å². The third kappa shape index (κ3) is 9.11. The lowest BCUT2D eigenvalue weighted by Gasteiger charge is -2.06. The Balaban J connectivity index is 1.02. The molecule has 0 atom stereocenters. The molecule has 0 spiro atoms. The highest BCUT2D eigenvalue weighted by molar-refractivity contribution is 7.19. The maximum Gasteiger partial charge on any atom is 0.213 e. The van der Waals surface area contributed by atoms with Crippen molar-refractivity contribution in [2.24, 2.45) is 0 Å². The Hall–Kier alpha value is -4.02. The zero-order chi connectivity index (χ0) is 33.0. The van der Waals surface area contributed by atoms with Crippen LogP contribution in [0.1, 0.15) is 102 Å². The van der Waals surface area contributed by atoms with Crippen molar-refractivity contribution in [3.05, 3.63) is 114 Å². The summed E-state index contributed by atoms with van der Waals surface area (Å²) in [7, 11) is 0. The van der Waals surface area contributed by atoms with Crippen molar-refractivity contribution in [3.8, 4) is 44.1 Å². The fraction of sp³-hybridized carbons (Fsp3) is 0.364. The van der Waals surface area contributed by atoms with E-state index in [4.69, 9.17) is 10.1 Å². The quantitative estimate of drug-likeness (QED) is 0.0864. The van der Waals surface area contributed by atoms with E-state index in [0.717, 1.165) is 26.8 Å². The highest BCUT2D eigenvalue weighted by Crippen LogP contribution is 2.31. The molecule has 0 fully saturated rings. The molecule has 6 aromatic rings. The number of nitrogens with zero attached hydrogens (tertiary/aromatic N) is 3. The summed E-state index contributed by atoms with van der Waals surface area (Å²) in [5.74, 6) is 0. The van der Waals surface area contributed by atoms with Gasteiger partial charge in [-0.25, -0.2) is 9.50 Å². The first-order valence-corrected chi connectivity index (χ1v) is 19.3. The van der Waals surface area contributed by atoms with E-state index < -0.39 is 0 Å². The molecule has 0 bridgehead atoms. The van der Waals surface area contributed by atoms with E-state index in [2.05, 4.69) is 111 Å². The van der Waals surface area contributed by atoms with Gasteiger partial charge in [-0.15, -0.1) is 0 Å². The maximum atomic E-state index is 4.93. The molecule has 0 radical (unpaired) electrons. The van der Waals surface area contributed by atoms with Crippen LogP contribution >= 0.6 is 11.3 Å². The van der Waals surface area contributed by atoms with Crippen molar-refractivity contribution in [2.45, 2.75) is 104 Å². The van der Waals surface area contributed by atoms with Crippen molar-refractivity contribution in [2.75, 3.05) is 0 Å². The van der Waals surface area contributed by atoms with Gasteiger partial charge >= 0.3 is 0 Å². The second-order valence-corrected chi connectivity index (χ2v) is 14.3. The highest BCUT2D eigenvalue weighted by atomic mass is 32.1. The average molecular weight is 654 g/mol. The number of aromatic nitrogens is 3.